The average molecular weight is 233 g/mol. The number of Topliss-reactive ketones (excluding diaryl/α,β-unsaturated/α-hetero) is 1. The number of hydrogen-bond acceptors (Lipinski definition) is 3. The van der Waals surface area contributed by atoms with Crippen LogP contribution in [0.3, 0.4) is 0 Å². The van der Waals surface area contributed by atoms with Crippen molar-refractivity contribution in [2.75, 3.05) is 5.06 Å². The Kier molecular flexibility index (Phi) is 3.20. The zero-order valence-electron chi connectivity index (χ0n) is 10.4. The van der Waals surface area contributed by atoms with E-state index in [0.717, 1.165) is 24.3 Å². The van der Waals surface area contributed by atoms with Crippen LogP contribution in [0, 0.1) is 5.41 Å². The quantitative estimate of drug-likeness (QED) is 0.798. The van der Waals surface area contributed by atoms with E-state index >= 15 is 0 Å². The van der Waals surface area contributed by atoms with Crippen molar-refractivity contribution in [1.29, 1.82) is 0 Å². The second-order valence-electron chi connectivity index (χ2n) is 5.34. The normalized spacial score (nSPS) is 23.5. The SMILES string of the molecule is CC1(C)CCCC(N(O)c2ccccc2)C1=O. The van der Waals surface area contributed by atoms with Gasteiger partial charge in [0, 0.05) is 5.41 Å². The van der Waals surface area contributed by atoms with Gasteiger partial charge >= 0.3 is 0 Å². The molecule has 0 spiro atoms. The molecule has 1 aliphatic carbocycles. The van der Waals surface area contributed by atoms with Gasteiger partial charge in [-0.05, 0) is 31.4 Å². The summed E-state index contributed by atoms with van der Waals surface area (Å²) in [7, 11) is 0. The highest BCUT2D eigenvalue weighted by Crippen LogP contribution is 2.35. The molecule has 1 aromatic rings. The van der Waals surface area contributed by atoms with E-state index in [1.807, 2.05) is 44.2 Å². The van der Waals surface area contributed by atoms with Crippen LogP contribution in [0.25, 0.3) is 0 Å². The Hall–Kier alpha value is -1.35. The monoisotopic (exact) mass is 233 g/mol. The van der Waals surface area contributed by atoms with E-state index in [1.165, 1.54) is 0 Å². The minimum atomic E-state index is -0.402. The smallest absolute Gasteiger partial charge is 0.163 e. The molecule has 1 fully saturated rings. The number of carbonyl (C=O) groups is 1. The molecule has 17 heavy (non-hydrogen) atoms. The molecule has 0 aliphatic heterocycles. The predicted molar refractivity (Wildman–Crippen MR) is 67.1 cm³/mol. The number of carbonyl (C=O) groups excluding carboxylic acids is 1. The molecule has 1 saturated carbocycles. The lowest BCUT2D eigenvalue weighted by Crippen LogP contribution is -2.48. The molecule has 0 bridgehead atoms. The van der Waals surface area contributed by atoms with Gasteiger partial charge in [0.25, 0.3) is 0 Å². The van der Waals surface area contributed by atoms with Gasteiger partial charge in [0.05, 0.1) is 5.69 Å². The summed E-state index contributed by atoms with van der Waals surface area (Å²) >= 11 is 0. The molecule has 1 aliphatic rings. The third-order valence-electron chi connectivity index (χ3n) is 3.56. The molecular weight excluding hydrogens is 214 g/mol. The molecule has 0 radical (unpaired) electrons. The van der Waals surface area contributed by atoms with Gasteiger partial charge in [0.2, 0.25) is 0 Å². The van der Waals surface area contributed by atoms with Crippen molar-refractivity contribution in [2.24, 2.45) is 5.41 Å². The van der Waals surface area contributed by atoms with Crippen LogP contribution in [0.4, 0.5) is 5.69 Å². The number of hydroxylamine groups is 1. The maximum absolute atomic E-state index is 12.3. The van der Waals surface area contributed by atoms with Crippen LogP contribution in [0.1, 0.15) is 33.1 Å². The highest BCUT2D eigenvalue weighted by Gasteiger charge is 2.40. The highest BCUT2D eigenvalue weighted by atomic mass is 16.5. The van der Waals surface area contributed by atoms with Gasteiger partial charge in [-0.1, -0.05) is 32.0 Å². The number of rotatable bonds is 2. The summed E-state index contributed by atoms with van der Waals surface area (Å²) in [6.45, 7) is 3.92. The average Bonchev–Trinajstić information content (AvgIpc) is 2.33. The Bertz CT molecular complexity index is 400. The third-order valence-corrected chi connectivity index (χ3v) is 3.56. The lowest BCUT2D eigenvalue weighted by atomic mass is 9.74. The van der Waals surface area contributed by atoms with Crippen molar-refractivity contribution in [3.8, 4) is 0 Å². The van der Waals surface area contributed by atoms with Gasteiger partial charge < -0.3 is 0 Å². The largest absolute Gasteiger partial charge is 0.297 e. The molecule has 3 heteroatoms. The number of anilines is 1. The fourth-order valence-corrected chi connectivity index (χ4v) is 2.44. The van der Waals surface area contributed by atoms with Crippen molar-refractivity contribution in [3.63, 3.8) is 0 Å². The van der Waals surface area contributed by atoms with Crippen LogP contribution in [0.2, 0.25) is 0 Å². The fraction of sp³-hybridized carbons (Fsp3) is 0.500. The number of para-hydroxylation sites is 1. The summed E-state index contributed by atoms with van der Waals surface area (Å²) < 4.78 is 0. The van der Waals surface area contributed by atoms with Crippen molar-refractivity contribution in [3.05, 3.63) is 30.3 Å². The van der Waals surface area contributed by atoms with Gasteiger partial charge in [0.15, 0.2) is 5.78 Å². The topological polar surface area (TPSA) is 40.5 Å². The summed E-state index contributed by atoms with van der Waals surface area (Å²) in [6, 6.07) is 8.84. The molecule has 0 aromatic heterocycles. The molecule has 0 heterocycles. The highest BCUT2D eigenvalue weighted by molar-refractivity contribution is 5.92. The standard InChI is InChI=1S/C14H19NO2/c1-14(2)10-6-9-12(13(14)16)15(17)11-7-4-3-5-8-11/h3-5,7-8,12,17H,6,9-10H2,1-2H3. The summed E-state index contributed by atoms with van der Waals surface area (Å²) in [4.78, 5) is 12.3. The molecule has 1 N–H and O–H groups in total. The molecule has 92 valence electrons. The Morgan fingerprint density at radius 3 is 2.59 bits per heavy atom. The van der Waals surface area contributed by atoms with Gasteiger partial charge in [-0.15, -0.1) is 0 Å². The molecule has 1 atom stereocenters. The molecule has 0 amide bonds. The second-order valence-corrected chi connectivity index (χ2v) is 5.34. The van der Waals surface area contributed by atoms with Gasteiger partial charge in [-0.25, -0.2) is 5.06 Å². The minimum Gasteiger partial charge on any atom is -0.297 e. The first-order valence-corrected chi connectivity index (χ1v) is 6.10. The zero-order valence-corrected chi connectivity index (χ0v) is 10.4. The van der Waals surface area contributed by atoms with Crippen LogP contribution in [-0.4, -0.2) is 17.0 Å². The van der Waals surface area contributed by atoms with E-state index in [0.29, 0.717) is 5.69 Å². The molecule has 0 saturated heterocycles. The molecule has 3 nitrogen and oxygen atoms in total. The summed E-state index contributed by atoms with van der Waals surface area (Å²) in [5.41, 5.74) is 0.363. The van der Waals surface area contributed by atoms with E-state index in [2.05, 4.69) is 0 Å². The van der Waals surface area contributed by atoms with Crippen LogP contribution in [0.5, 0.6) is 0 Å². The third kappa shape index (κ3) is 2.34. The Balaban J connectivity index is 2.20. The van der Waals surface area contributed by atoms with Crippen molar-refractivity contribution in [1.82, 2.24) is 0 Å². The van der Waals surface area contributed by atoms with E-state index in [9.17, 15) is 10.0 Å². The maximum atomic E-state index is 12.3. The second kappa shape index (κ2) is 4.49. The van der Waals surface area contributed by atoms with E-state index in [4.69, 9.17) is 0 Å². The lowest BCUT2D eigenvalue weighted by Gasteiger charge is -2.37. The fourth-order valence-electron chi connectivity index (χ4n) is 2.44. The minimum absolute atomic E-state index is 0.134. The summed E-state index contributed by atoms with van der Waals surface area (Å²) in [6.07, 6.45) is 2.62. The van der Waals surface area contributed by atoms with E-state index < -0.39 is 6.04 Å². The predicted octanol–water partition coefficient (Wildman–Crippen LogP) is 3.03. The molecule has 1 unspecified atom stereocenters. The molecule has 2 rings (SSSR count). The first-order valence-electron chi connectivity index (χ1n) is 6.10. The van der Waals surface area contributed by atoms with Gasteiger partial charge in [-0.3, -0.25) is 10.0 Å². The van der Waals surface area contributed by atoms with Crippen LogP contribution >= 0.6 is 0 Å². The van der Waals surface area contributed by atoms with Gasteiger partial charge in [-0.2, -0.15) is 0 Å². The lowest BCUT2D eigenvalue weighted by molar-refractivity contribution is -0.132. The Morgan fingerprint density at radius 1 is 1.29 bits per heavy atom. The van der Waals surface area contributed by atoms with E-state index in [-0.39, 0.29) is 11.2 Å². The van der Waals surface area contributed by atoms with Crippen molar-refractivity contribution >= 4 is 11.5 Å². The van der Waals surface area contributed by atoms with Crippen LogP contribution in [-0.2, 0) is 4.79 Å². The number of hydrogen-bond donors (Lipinski definition) is 1. The van der Waals surface area contributed by atoms with Crippen LogP contribution < -0.4 is 5.06 Å². The van der Waals surface area contributed by atoms with Crippen molar-refractivity contribution < 1.29 is 10.0 Å². The van der Waals surface area contributed by atoms with Gasteiger partial charge in [0.1, 0.15) is 6.04 Å². The molecule has 1 aromatic carbocycles. The zero-order chi connectivity index (χ0) is 12.5. The first-order chi connectivity index (χ1) is 8.02. The summed E-state index contributed by atoms with van der Waals surface area (Å²) in [5, 5.41) is 11.3. The summed E-state index contributed by atoms with van der Waals surface area (Å²) in [5.74, 6) is 0.134. The Labute approximate surface area is 102 Å². The van der Waals surface area contributed by atoms with E-state index in [1.54, 1.807) is 0 Å². The van der Waals surface area contributed by atoms with Crippen molar-refractivity contribution in [2.45, 2.75) is 39.2 Å². The van der Waals surface area contributed by atoms with Crippen LogP contribution in [0.15, 0.2) is 30.3 Å². The number of ketones is 1. The first kappa shape index (κ1) is 12.1. The number of nitrogens with zero attached hydrogens (tertiary/aromatic N) is 1. The Morgan fingerprint density at radius 2 is 1.94 bits per heavy atom. The number of benzene rings is 1. The molecular formula is C14H19NO2. The maximum Gasteiger partial charge on any atom is 0.163 e.